The van der Waals surface area contributed by atoms with E-state index in [-0.39, 0.29) is 5.56 Å². The quantitative estimate of drug-likeness (QED) is 0.794. The molecule has 5 nitrogen and oxygen atoms in total. The number of hydrogen-bond donors (Lipinski definition) is 2. The van der Waals surface area contributed by atoms with Crippen LogP contribution in [-0.4, -0.2) is 20.9 Å². The predicted octanol–water partition coefficient (Wildman–Crippen LogP) is 1.17. The van der Waals surface area contributed by atoms with Gasteiger partial charge in [-0.3, -0.25) is 14.6 Å². The van der Waals surface area contributed by atoms with E-state index in [2.05, 4.69) is 5.10 Å². The van der Waals surface area contributed by atoms with Gasteiger partial charge >= 0.3 is 5.97 Å². The van der Waals surface area contributed by atoms with Crippen molar-refractivity contribution in [2.24, 2.45) is 0 Å². The number of carbonyl (C=O) groups is 1. The number of aromatic nitrogens is 2. The highest BCUT2D eigenvalue weighted by Crippen LogP contribution is 2.07. The topological polar surface area (TPSA) is 75.1 Å². The highest BCUT2D eigenvalue weighted by molar-refractivity contribution is 5.86. The molecular formula is C11H10N2O3. The first kappa shape index (κ1) is 10.2. The van der Waals surface area contributed by atoms with Crippen LogP contribution in [0.2, 0.25) is 0 Å². The Bertz CT molecular complexity index is 578. The van der Waals surface area contributed by atoms with Crippen LogP contribution in [0.4, 0.5) is 0 Å². The third-order valence-corrected chi connectivity index (χ3v) is 2.27. The third-order valence-electron chi connectivity index (χ3n) is 2.27. The van der Waals surface area contributed by atoms with Crippen molar-refractivity contribution < 1.29 is 9.90 Å². The Hall–Kier alpha value is -2.30. The second-order valence-electron chi connectivity index (χ2n) is 3.49. The van der Waals surface area contributed by atoms with Crippen molar-refractivity contribution >= 4 is 5.97 Å². The molecule has 0 unspecified atom stereocenters. The van der Waals surface area contributed by atoms with E-state index in [1.807, 2.05) is 19.1 Å². The number of nitrogens with one attached hydrogen (secondary N) is 1. The summed E-state index contributed by atoms with van der Waals surface area (Å²) in [4.78, 5) is 22.0. The van der Waals surface area contributed by atoms with E-state index in [0.29, 0.717) is 0 Å². The molecule has 2 N–H and O–H groups in total. The van der Waals surface area contributed by atoms with Crippen LogP contribution in [0.15, 0.2) is 35.3 Å². The van der Waals surface area contributed by atoms with Gasteiger partial charge in [0.25, 0.3) is 5.56 Å². The van der Waals surface area contributed by atoms with Gasteiger partial charge < -0.3 is 5.11 Å². The normalized spacial score (nSPS) is 10.3. The summed E-state index contributed by atoms with van der Waals surface area (Å²) in [6.07, 6.45) is 1.27. The van der Waals surface area contributed by atoms with Crippen molar-refractivity contribution in [2.45, 2.75) is 6.92 Å². The van der Waals surface area contributed by atoms with E-state index in [0.717, 1.165) is 11.3 Å². The molecular weight excluding hydrogens is 208 g/mol. The van der Waals surface area contributed by atoms with E-state index in [4.69, 9.17) is 5.11 Å². The number of benzene rings is 1. The molecule has 0 atom stereocenters. The first-order valence-electron chi connectivity index (χ1n) is 4.70. The molecule has 1 aromatic carbocycles. The maximum atomic E-state index is 11.3. The van der Waals surface area contributed by atoms with Crippen molar-refractivity contribution in [3.63, 3.8) is 0 Å². The zero-order valence-corrected chi connectivity index (χ0v) is 8.60. The average Bonchev–Trinajstić information content (AvgIpc) is 2.61. The monoisotopic (exact) mass is 218 g/mol. The third kappa shape index (κ3) is 1.75. The van der Waals surface area contributed by atoms with Crippen LogP contribution in [-0.2, 0) is 0 Å². The van der Waals surface area contributed by atoms with Gasteiger partial charge in [0.2, 0.25) is 0 Å². The zero-order chi connectivity index (χ0) is 11.7. The summed E-state index contributed by atoms with van der Waals surface area (Å²) in [7, 11) is 0. The smallest absolute Gasteiger partial charge is 0.342 e. The Balaban J connectivity index is 2.49. The number of hydrogen-bond acceptors (Lipinski definition) is 2. The lowest BCUT2D eigenvalue weighted by Crippen LogP contribution is -2.11. The lowest BCUT2D eigenvalue weighted by molar-refractivity contribution is 0.0695. The summed E-state index contributed by atoms with van der Waals surface area (Å²) in [5.41, 5.74) is 0.945. The lowest BCUT2D eigenvalue weighted by Gasteiger charge is -2.01. The average molecular weight is 218 g/mol. The van der Waals surface area contributed by atoms with Crippen molar-refractivity contribution in [1.82, 2.24) is 9.78 Å². The summed E-state index contributed by atoms with van der Waals surface area (Å²) in [6, 6.07) is 7.37. The highest BCUT2D eigenvalue weighted by Gasteiger charge is 2.11. The first-order valence-corrected chi connectivity index (χ1v) is 4.70. The number of rotatable bonds is 2. The molecule has 0 aliphatic heterocycles. The van der Waals surface area contributed by atoms with Gasteiger partial charge in [0.15, 0.2) is 0 Å². The Labute approximate surface area is 90.9 Å². The van der Waals surface area contributed by atoms with Crippen molar-refractivity contribution in [1.29, 1.82) is 0 Å². The molecule has 0 radical (unpaired) electrons. The fraction of sp³-hybridized carbons (Fsp3) is 0.0909. The summed E-state index contributed by atoms with van der Waals surface area (Å²) in [5.74, 6) is -1.23. The second-order valence-corrected chi connectivity index (χ2v) is 3.49. The Morgan fingerprint density at radius 1 is 1.31 bits per heavy atom. The van der Waals surface area contributed by atoms with E-state index >= 15 is 0 Å². The van der Waals surface area contributed by atoms with Crippen LogP contribution in [0.1, 0.15) is 15.9 Å². The first-order chi connectivity index (χ1) is 7.58. The predicted molar refractivity (Wildman–Crippen MR) is 58.1 cm³/mol. The van der Waals surface area contributed by atoms with Gasteiger partial charge in [-0.1, -0.05) is 17.7 Å². The van der Waals surface area contributed by atoms with E-state index in [9.17, 15) is 9.59 Å². The molecule has 2 aromatic rings. The van der Waals surface area contributed by atoms with Crippen molar-refractivity contribution in [3.8, 4) is 5.69 Å². The van der Waals surface area contributed by atoms with Crippen LogP contribution < -0.4 is 5.56 Å². The largest absolute Gasteiger partial charge is 0.477 e. The van der Waals surface area contributed by atoms with Gasteiger partial charge in [-0.05, 0) is 19.1 Å². The fourth-order valence-corrected chi connectivity index (χ4v) is 1.39. The number of H-pyrrole nitrogens is 1. The van der Waals surface area contributed by atoms with Crippen LogP contribution in [0.3, 0.4) is 0 Å². The van der Waals surface area contributed by atoms with Gasteiger partial charge in [-0.25, -0.2) is 4.79 Å². The van der Waals surface area contributed by atoms with Gasteiger partial charge in [-0.2, -0.15) is 0 Å². The summed E-state index contributed by atoms with van der Waals surface area (Å²) < 4.78 is 1.39. The molecule has 2 rings (SSSR count). The van der Waals surface area contributed by atoms with Gasteiger partial charge in [0, 0.05) is 6.20 Å². The Morgan fingerprint density at radius 3 is 2.44 bits per heavy atom. The second kappa shape index (κ2) is 3.69. The molecule has 5 heteroatoms. The number of aromatic carboxylic acids is 1. The lowest BCUT2D eigenvalue weighted by atomic mass is 10.2. The molecule has 0 bridgehead atoms. The standard InChI is InChI=1S/C11H10N2O3/c1-7-2-4-8(5-3-7)13-6-9(11(15)16)10(14)12-13/h2-6H,1H3,(H,12,14)(H,15,16). The molecule has 0 amide bonds. The minimum absolute atomic E-state index is 0.263. The highest BCUT2D eigenvalue weighted by atomic mass is 16.4. The van der Waals surface area contributed by atoms with E-state index < -0.39 is 11.5 Å². The molecule has 0 spiro atoms. The minimum atomic E-state index is -1.23. The van der Waals surface area contributed by atoms with E-state index in [1.165, 1.54) is 10.9 Å². The summed E-state index contributed by atoms with van der Waals surface area (Å²) in [6.45, 7) is 1.95. The summed E-state index contributed by atoms with van der Waals surface area (Å²) >= 11 is 0. The molecule has 82 valence electrons. The van der Waals surface area contributed by atoms with Crippen LogP contribution >= 0.6 is 0 Å². The molecule has 0 saturated carbocycles. The number of aromatic amines is 1. The van der Waals surface area contributed by atoms with Crippen LogP contribution in [0, 0.1) is 6.92 Å². The van der Waals surface area contributed by atoms with Crippen molar-refractivity contribution in [3.05, 3.63) is 51.9 Å². The minimum Gasteiger partial charge on any atom is -0.477 e. The Morgan fingerprint density at radius 2 is 1.94 bits per heavy atom. The van der Waals surface area contributed by atoms with Gasteiger partial charge in [-0.15, -0.1) is 0 Å². The SMILES string of the molecule is Cc1ccc(-n2cc(C(=O)O)c(=O)[nH]2)cc1. The molecule has 0 aliphatic rings. The van der Waals surface area contributed by atoms with Gasteiger partial charge in [0.05, 0.1) is 5.69 Å². The fourth-order valence-electron chi connectivity index (χ4n) is 1.39. The van der Waals surface area contributed by atoms with Gasteiger partial charge in [0.1, 0.15) is 5.56 Å². The number of carboxylic acid groups (broad SMARTS) is 1. The molecule has 1 aromatic heterocycles. The maximum Gasteiger partial charge on any atom is 0.342 e. The summed E-state index contributed by atoms with van der Waals surface area (Å²) in [5, 5.41) is 11.2. The Kier molecular flexibility index (Phi) is 2.36. The molecule has 0 aliphatic carbocycles. The van der Waals surface area contributed by atoms with E-state index in [1.54, 1.807) is 12.1 Å². The zero-order valence-electron chi connectivity index (χ0n) is 8.60. The number of aryl methyl sites for hydroxylation is 1. The van der Waals surface area contributed by atoms with Crippen LogP contribution in [0.5, 0.6) is 0 Å². The molecule has 1 heterocycles. The number of nitrogens with zero attached hydrogens (tertiary/aromatic N) is 1. The molecule has 0 saturated heterocycles. The number of carboxylic acids is 1. The molecule has 16 heavy (non-hydrogen) atoms. The maximum absolute atomic E-state index is 11.3. The van der Waals surface area contributed by atoms with Crippen LogP contribution in [0.25, 0.3) is 5.69 Å². The van der Waals surface area contributed by atoms with Crippen molar-refractivity contribution in [2.75, 3.05) is 0 Å². The molecule has 0 fully saturated rings.